The molecular formula is C25H24ClN3O2. The fourth-order valence-corrected chi connectivity index (χ4v) is 3.83. The zero-order valence-electron chi connectivity index (χ0n) is 17.5. The van der Waals surface area contributed by atoms with Crippen LogP contribution in [0.15, 0.2) is 72.8 Å². The van der Waals surface area contributed by atoms with Crippen molar-refractivity contribution in [3.8, 4) is 5.75 Å². The molecule has 3 aromatic carbocycles. The highest BCUT2D eigenvalue weighted by Crippen LogP contribution is 2.24. The molecule has 31 heavy (non-hydrogen) atoms. The molecule has 1 aromatic heterocycles. The Labute approximate surface area is 186 Å². The van der Waals surface area contributed by atoms with Crippen molar-refractivity contribution in [2.45, 2.75) is 26.4 Å². The van der Waals surface area contributed by atoms with Crippen molar-refractivity contribution in [1.29, 1.82) is 0 Å². The molecule has 4 rings (SSSR count). The Balaban J connectivity index is 1.56. The number of ether oxygens (including phenoxy) is 1. The molecule has 0 aliphatic heterocycles. The maximum Gasteiger partial charge on any atom is 0.252 e. The highest BCUT2D eigenvalue weighted by atomic mass is 35.5. The highest BCUT2D eigenvalue weighted by molar-refractivity contribution is 6.32. The van der Waals surface area contributed by atoms with E-state index in [-0.39, 0.29) is 11.9 Å². The molecule has 1 N–H and O–H groups in total. The van der Waals surface area contributed by atoms with Crippen LogP contribution in [0.3, 0.4) is 0 Å². The van der Waals surface area contributed by atoms with Gasteiger partial charge in [0.15, 0.2) is 0 Å². The van der Waals surface area contributed by atoms with Gasteiger partial charge in [-0.1, -0.05) is 54.1 Å². The minimum Gasteiger partial charge on any atom is -0.490 e. The Morgan fingerprint density at radius 3 is 2.58 bits per heavy atom. The molecule has 6 heteroatoms. The Morgan fingerprint density at radius 1 is 1.06 bits per heavy atom. The first-order chi connectivity index (χ1) is 15.0. The predicted octanol–water partition coefficient (Wildman–Crippen LogP) is 5.57. The lowest BCUT2D eigenvalue weighted by molar-refractivity contribution is 0.0937. The standard InChI is InChI=1S/C25H24ClN3O2/c1-17-9-3-4-10-19(17)25(30)27-18(2)24-28-21-12-6-7-13-22(21)29(24)15-16-31-23-14-8-5-11-20(23)26/h3-14,18H,15-16H2,1-2H3,(H,27,30). The molecule has 1 atom stereocenters. The van der Waals surface area contributed by atoms with Crippen molar-refractivity contribution in [2.75, 3.05) is 6.61 Å². The van der Waals surface area contributed by atoms with Gasteiger partial charge in [-0.25, -0.2) is 4.98 Å². The number of rotatable bonds is 7. The van der Waals surface area contributed by atoms with Gasteiger partial charge in [-0.15, -0.1) is 0 Å². The predicted molar refractivity (Wildman–Crippen MR) is 124 cm³/mol. The van der Waals surface area contributed by atoms with Gasteiger partial charge in [0.2, 0.25) is 0 Å². The van der Waals surface area contributed by atoms with E-state index in [1.807, 2.05) is 80.6 Å². The first kappa shape index (κ1) is 20.9. The summed E-state index contributed by atoms with van der Waals surface area (Å²) in [6, 6.07) is 22.6. The maximum absolute atomic E-state index is 12.8. The molecule has 0 spiro atoms. The number of hydrogen-bond donors (Lipinski definition) is 1. The van der Waals surface area contributed by atoms with E-state index in [1.165, 1.54) is 0 Å². The molecule has 0 bridgehead atoms. The van der Waals surface area contributed by atoms with Crippen molar-refractivity contribution >= 4 is 28.5 Å². The summed E-state index contributed by atoms with van der Waals surface area (Å²) in [6.45, 7) is 4.88. The van der Waals surface area contributed by atoms with Gasteiger partial charge in [-0.3, -0.25) is 4.79 Å². The van der Waals surface area contributed by atoms with E-state index in [4.69, 9.17) is 21.3 Å². The molecule has 1 unspecified atom stereocenters. The Kier molecular flexibility index (Phi) is 6.23. The van der Waals surface area contributed by atoms with Crippen molar-refractivity contribution < 1.29 is 9.53 Å². The highest BCUT2D eigenvalue weighted by Gasteiger charge is 2.19. The summed E-state index contributed by atoms with van der Waals surface area (Å²) < 4.78 is 7.98. The quantitative estimate of drug-likeness (QED) is 0.414. The molecule has 0 radical (unpaired) electrons. The first-order valence-corrected chi connectivity index (χ1v) is 10.6. The van der Waals surface area contributed by atoms with Crippen LogP contribution in [0, 0.1) is 6.92 Å². The van der Waals surface area contributed by atoms with E-state index in [0.29, 0.717) is 29.5 Å². The molecule has 5 nitrogen and oxygen atoms in total. The summed E-state index contributed by atoms with van der Waals surface area (Å²) in [5.74, 6) is 1.32. The second kappa shape index (κ2) is 9.23. The number of amides is 1. The van der Waals surface area contributed by atoms with Crippen LogP contribution in [0.1, 0.15) is 34.7 Å². The van der Waals surface area contributed by atoms with E-state index < -0.39 is 0 Å². The minimum atomic E-state index is -0.278. The van der Waals surface area contributed by atoms with Crippen LogP contribution in [0.4, 0.5) is 0 Å². The van der Waals surface area contributed by atoms with E-state index >= 15 is 0 Å². The fourth-order valence-electron chi connectivity index (χ4n) is 3.63. The van der Waals surface area contributed by atoms with Gasteiger partial charge in [0, 0.05) is 5.56 Å². The lowest BCUT2D eigenvalue weighted by Crippen LogP contribution is -2.29. The van der Waals surface area contributed by atoms with E-state index in [9.17, 15) is 4.79 Å². The molecule has 0 saturated carbocycles. The number of nitrogens with zero attached hydrogens (tertiary/aromatic N) is 2. The number of halogens is 1. The number of para-hydroxylation sites is 3. The molecule has 158 valence electrons. The third kappa shape index (κ3) is 4.57. The van der Waals surface area contributed by atoms with Crippen LogP contribution in [-0.4, -0.2) is 22.1 Å². The van der Waals surface area contributed by atoms with E-state index in [0.717, 1.165) is 22.4 Å². The maximum atomic E-state index is 12.8. The topological polar surface area (TPSA) is 56.2 Å². The van der Waals surface area contributed by atoms with Crippen LogP contribution >= 0.6 is 11.6 Å². The Bertz CT molecular complexity index is 1220. The number of fused-ring (bicyclic) bond motifs is 1. The summed E-state index contributed by atoms with van der Waals surface area (Å²) in [5, 5.41) is 3.67. The molecular weight excluding hydrogens is 410 g/mol. The van der Waals surface area contributed by atoms with Gasteiger partial charge >= 0.3 is 0 Å². The number of aromatic nitrogens is 2. The lowest BCUT2D eigenvalue weighted by Gasteiger charge is -2.17. The van der Waals surface area contributed by atoms with Crippen LogP contribution in [0.2, 0.25) is 5.02 Å². The Hall–Kier alpha value is -3.31. The molecule has 1 amide bonds. The zero-order chi connectivity index (χ0) is 21.8. The van der Waals surface area contributed by atoms with Gasteiger partial charge in [0.25, 0.3) is 5.91 Å². The summed E-state index contributed by atoms with van der Waals surface area (Å²) in [6.07, 6.45) is 0. The number of benzene rings is 3. The molecule has 4 aromatic rings. The molecule has 0 aliphatic rings. The van der Waals surface area contributed by atoms with Crippen molar-refractivity contribution in [3.05, 3.63) is 94.8 Å². The van der Waals surface area contributed by atoms with Crippen LogP contribution < -0.4 is 10.1 Å². The SMILES string of the molecule is Cc1ccccc1C(=O)NC(C)c1nc2ccccc2n1CCOc1ccccc1Cl. The number of carbonyl (C=O) groups is 1. The first-order valence-electron chi connectivity index (χ1n) is 10.2. The average molecular weight is 434 g/mol. The molecule has 0 saturated heterocycles. The molecule has 0 fully saturated rings. The zero-order valence-corrected chi connectivity index (χ0v) is 18.3. The second-order valence-electron chi connectivity index (χ2n) is 7.40. The number of imidazole rings is 1. The summed E-state index contributed by atoms with van der Waals surface area (Å²) in [5.41, 5.74) is 3.48. The average Bonchev–Trinajstić information content (AvgIpc) is 3.14. The number of aryl methyl sites for hydroxylation is 1. The van der Waals surface area contributed by atoms with Crippen LogP contribution in [-0.2, 0) is 6.54 Å². The number of carbonyl (C=O) groups excluding carboxylic acids is 1. The van der Waals surface area contributed by atoms with Crippen LogP contribution in [0.25, 0.3) is 11.0 Å². The summed E-state index contributed by atoms with van der Waals surface area (Å²) in [4.78, 5) is 17.6. The van der Waals surface area contributed by atoms with Gasteiger partial charge in [0.05, 0.1) is 28.6 Å². The third-order valence-corrected chi connectivity index (χ3v) is 5.53. The van der Waals surface area contributed by atoms with Gasteiger partial charge in [-0.2, -0.15) is 0 Å². The van der Waals surface area contributed by atoms with Crippen LogP contribution in [0.5, 0.6) is 5.75 Å². The largest absolute Gasteiger partial charge is 0.490 e. The number of hydrogen-bond acceptors (Lipinski definition) is 3. The van der Waals surface area contributed by atoms with Crippen molar-refractivity contribution in [2.24, 2.45) is 0 Å². The fraction of sp³-hybridized carbons (Fsp3) is 0.200. The third-order valence-electron chi connectivity index (χ3n) is 5.22. The van der Waals surface area contributed by atoms with Gasteiger partial charge in [-0.05, 0) is 49.7 Å². The van der Waals surface area contributed by atoms with Crippen molar-refractivity contribution in [1.82, 2.24) is 14.9 Å². The second-order valence-corrected chi connectivity index (χ2v) is 7.81. The van der Waals surface area contributed by atoms with Gasteiger partial charge in [0.1, 0.15) is 18.2 Å². The van der Waals surface area contributed by atoms with Gasteiger partial charge < -0.3 is 14.6 Å². The number of nitrogens with one attached hydrogen (secondary N) is 1. The van der Waals surface area contributed by atoms with E-state index in [1.54, 1.807) is 6.07 Å². The summed E-state index contributed by atoms with van der Waals surface area (Å²) in [7, 11) is 0. The lowest BCUT2D eigenvalue weighted by atomic mass is 10.1. The monoisotopic (exact) mass is 433 g/mol. The summed E-state index contributed by atoms with van der Waals surface area (Å²) >= 11 is 6.20. The molecule has 0 aliphatic carbocycles. The van der Waals surface area contributed by atoms with E-state index in [2.05, 4.69) is 9.88 Å². The smallest absolute Gasteiger partial charge is 0.252 e. The Morgan fingerprint density at radius 2 is 1.77 bits per heavy atom. The van der Waals surface area contributed by atoms with Crippen molar-refractivity contribution in [3.63, 3.8) is 0 Å². The minimum absolute atomic E-state index is 0.114. The normalized spacial score (nSPS) is 12.0. The molecule has 1 heterocycles.